The van der Waals surface area contributed by atoms with Gasteiger partial charge in [0.1, 0.15) is 12.3 Å². The maximum Gasteiger partial charge on any atom is 0.323 e. The van der Waals surface area contributed by atoms with Gasteiger partial charge in [-0.1, -0.05) is 11.6 Å². The SMILES string of the molecule is CC(=O)N(CC(=O)O)C1CCCN(C(=O)COc2ccc(Cl)c(C)c2)CC1. The van der Waals surface area contributed by atoms with Crippen LogP contribution >= 0.6 is 11.6 Å². The zero-order valence-corrected chi connectivity index (χ0v) is 16.4. The Bertz CT molecular complexity index is 709. The second kappa shape index (κ2) is 9.60. The number of likely N-dealkylation sites (tertiary alicyclic amines) is 1. The lowest BCUT2D eigenvalue weighted by atomic mass is 10.1. The summed E-state index contributed by atoms with van der Waals surface area (Å²) in [6.45, 7) is 3.89. The van der Waals surface area contributed by atoms with Crippen LogP contribution in [-0.4, -0.2) is 65.0 Å². The normalized spacial score (nSPS) is 17.1. The van der Waals surface area contributed by atoms with Crippen molar-refractivity contribution in [1.29, 1.82) is 0 Å². The Morgan fingerprint density at radius 1 is 1.30 bits per heavy atom. The number of carbonyl (C=O) groups is 3. The van der Waals surface area contributed by atoms with Crippen molar-refractivity contribution in [3.05, 3.63) is 28.8 Å². The summed E-state index contributed by atoms with van der Waals surface area (Å²) >= 11 is 5.98. The van der Waals surface area contributed by atoms with Gasteiger partial charge >= 0.3 is 5.97 Å². The second-order valence-electron chi connectivity index (χ2n) is 6.71. The highest BCUT2D eigenvalue weighted by atomic mass is 35.5. The number of aryl methyl sites for hydroxylation is 1. The first-order valence-electron chi connectivity index (χ1n) is 8.93. The number of carboxylic acids is 1. The average Bonchev–Trinajstić information content (AvgIpc) is 2.86. The van der Waals surface area contributed by atoms with Crippen LogP contribution in [0.1, 0.15) is 31.7 Å². The number of rotatable bonds is 6. The van der Waals surface area contributed by atoms with Crippen LogP contribution in [0.25, 0.3) is 0 Å². The fraction of sp³-hybridized carbons (Fsp3) is 0.526. The Morgan fingerprint density at radius 2 is 2.04 bits per heavy atom. The van der Waals surface area contributed by atoms with E-state index in [0.29, 0.717) is 43.1 Å². The van der Waals surface area contributed by atoms with Gasteiger partial charge in [-0.3, -0.25) is 14.4 Å². The third-order valence-corrected chi connectivity index (χ3v) is 5.12. The van der Waals surface area contributed by atoms with Gasteiger partial charge in [0.05, 0.1) is 0 Å². The van der Waals surface area contributed by atoms with E-state index in [1.165, 1.54) is 11.8 Å². The van der Waals surface area contributed by atoms with Crippen molar-refractivity contribution in [3.63, 3.8) is 0 Å². The second-order valence-corrected chi connectivity index (χ2v) is 7.11. The summed E-state index contributed by atoms with van der Waals surface area (Å²) in [6.07, 6.45) is 1.94. The van der Waals surface area contributed by atoms with Crippen molar-refractivity contribution in [3.8, 4) is 5.75 Å². The van der Waals surface area contributed by atoms with Crippen LogP contribution in [0.2, 0.25) is 5.02 Å². The standard InChI is InChI=1S/C19H25ClN2O5/c1-13-10-16(5-6-17(13)20)27-12-18(24)21-8-3-4-15(7-9-21)22(14(2)23)11-19(25)26/h5-6,10,15H,3-4,7-9,11-12H2,1-2H3,(H,25,26). The van der Waals surface area contributed by atoms with E-state index in [1.807, 2.05) is 6.92 Å². The van der Waals surface area contributed by atoms with Gasteiger partial charge in [0.25, 0.3) is 5.91 Å². The van der Waals surface area contributed by atoms with Gasteiger partial charge in [0, 0.05) is 31.1 Å². The number of benzene rings is 1. The zero-order chi connectivity index (χ0) is 20.0. The average molecular weight is 397 g/mol. The molecule has 8 heteroatoms. The molecule has 27 heavy (non-hydrogen) atoms. The van der Waals surface area contributed by atoms with Crippen LogP contribution < -0.4 is 4.74 Å². The van der Waals surface area contributed by atoms with Crippen LogP contribution in [0, 0.1) is 6.92 Å². The minimum absolute atomic E-state index is 0.0721. The highest BCUT2D eigenvalue weighted by Crippen LogP contribution is 2.21. The van der Waals surface area contributed by atoms with Crippen LogP contribution in [0.4, 0.5) is 0 Å². The first kappa shape index (κ1) is 21.0. The number of ether oxygens (including phenoxy) is 1. The molecule has 0 radical (unpaired) electrons. The van der Waals surface area contributed by atoms with E-state index in [9.17, 15) is 14.4 Å². The number of halogens is 1. The van der Waals surface area contributed by atoms with Crippen molar-refractivity contribution in [2.45, 2.75) is 39.2 Å². The Morgan fingerprint density at radius 3 is 2.67 bits per heavy atom. The molecule has 7 nitrogen and oxygen atoms in total. The smallest absolute Gasteiger partial charge is 0.323 e. The van der Waals surface area contributed by atoms with Crippen molar-refractivity contribution in [2.24, 2.45) is 0 Å². The van der Waals surface area contributed by atoms with Crippen LogP contribution in [0.3, 0.4) is 0 Å². The lowest BCUT2D eigenvalue weighted by molar-refractivity contribution is -0.145. The molecule has 1 aliphatic heterocycles. The van der Waals surface area contributed by atoms with Crippen LogP contribution in [0.15, 0.2) is 18.2 Å². The highest BCUT2D eigenvalue weighted by Gasteiger charge is 2.27. The number of amides is 2. The van der Waals surface area contributed by atoms with E-state index >= 15 is 0 Å². The Labute approximate surface area is 163 Å². The molecule has 0 bridgehead atoms. The number of nitrogens with zero attached hydrogens (tertiary/aromatic N) is 2. The Kier molecular flexibility index (Phi) is 7.47. The summed E-state index contributed by atoms with van der Waals surface area (Å²) < 4.78 is 5.57. The predicted octanol–water partition coefficient (Wildman–Crippen LogP) is 2.34. The molecule has 1 atom stereocenters. The van der Waals surface area contributed by atoms with E-state index in [4.69, 9.17) is 21.4 Å². The first-order valence-corrected chi connectivity index (χ1v) is 9.31. The number of hydrogen-bond donors (Lipinski definition) is 1. The van der Waals surface area contributed by atoms with Crippen molar-refractivity contribution in [1.82, 2.24) is 9.80 Å². The van der Waals surface area contributed by atoms with Gasteiger partial charge in [-0.05, 0) is 49.9 Å². The topological polar surface area (TPSA) is 87.2 Å². The molecular weight excluding hydrogens is 372 g/mol. The molecule has 1 fully saturated rings. The highest BCUT2D eigenvalue weighted by molar-refractivity contribution is 6.31. The van der Waals surface area contributed by atoms with Gasteiger partial charge in [-0.2, -0.15) is 0 Å². The molecule has 1 heterocycles. The molecule has 0 saturated carbocycles. The molecule has 1 unspecified atom stereocenters. The molecule has 148 valence electrons. The lowest BCUT2D eigenvalue weighted by Crippen LogP contribution is -2.43. The Hall–Kier alpha value is -2.28. The van der Waals surface area contributed by atoms with E-state index in [-0.39, 0.29) is 31.0 Å². The Balaban J connectivity index is 1.90. The van der Waals surface area contributed by atoms with Crippen molar-refractivity contribution in [2.75, 3.05) is 26.2 Å². The minimum atomic E-state index is -1.03. The monoisotopic (exact) mass is 396 g/mol. The predicted molar refractivity (Wildman–Crippen MR) is 101 cm³/mol. The third-order valence-electron chi connectivity index (χ3n) is 4.69. The fourth-order valence-corrected chi connectivity index (χ4v) is 3.34. The van der Waals surface area contributed by atoms with Gasteiger partial charge in [0.15, 0.2) is 6.61 Å². The minimum Gasteiger partial charge on any atom is -0.484 e. The number of carboxylic acid groups (broad SMARTS) is 1. The molecule has 1 saturated heterocycles. The third kappa shape index (κ3) is 6.13. The van der Waals surface area contributed by atoms with E-state index in [0.717, 1.165) is 5.56 Å². The van der Waals surface area contributed by atoms with Crippen LogP contribution in [-0.2, 0) is 14.4 Å². The van der Waals surface area contributed by atoms with E-state index in [1.54, 1.807) is 23.1 Å². The van der Waals surface area contributed by atoms with Crippen molar-refractivity contribution >= 4 is 29.4 Å². The molecule has 1 aliphatic rings. The molecule has 2 amide bonds. The zero-order valence-electron chi connectivity index (χ0n) is 15.6. The molecule has 2 rings (SSSR count). The summed E-state index contributed by atoms with van der Waals surface area (Å²) in [5.41, 5.74) is 0.877. The first-order chi connectivity index (χ1) is 12.8. The maximum atomic E-state index is 12.5. The summed E-state index contributed by atoms with van der Waals surface area (Å²) in [6, 6.07) is 5.06. The molecule has 1 N–H and O–H groups in total. The van der Waals surface area contributed by atoms with E-state index in [2.05, 4.69) is 0 Å². The van der Waals surface area contributed by atoms with Crippen molar-refractivity contribution < 1.29 is 24.2 Å². The molecule has 1 aromatic rings. The molecule has 0 aliphatic carbocycles. The summed E-state index contributed by atoms with van der Waals surface area (Å²) in [5.74, 6) is -0.837. The number of hydrogen-bond acceptors (Lipinski definition) is 4. The fourth-order valence-electron chi connectivity index (χ4n) is 3.23. The maximum absolute atomic E-state index is 12.5. The summed E-state index contributed by atoms with van der Waals surface area (Å²) in [5, 5.41) is 9.65. The molecular formula is C19H25ClN2O5. The quantitative estimate of drug-likeness (QED) is 0.797. The van der Waals surface area contributed by atoms with Crippen LogP contribution in [0.5, 0.6) is 5.75 Å². The largest absolute Gasteiger partial charge is 0.484 e. The lowest BCUT2D eigenvalue weighted by Gasteiger charge is -2.28. The summed E-state index contributed by atoms with van der Waals surface area (Å²) in [4.78, 5) is 38.3. The van der Waals surface area contributed by atoms with E-state index < -0.39 is 5.97 Å². The molecule has 0 spiro atoms. The number of aliphatic carboxylic acids is 1. The van der Waals surface area contributed by atoms with Gasteiger partial charge in [-0.15, -0.1) is 0 Å². The van der Waals surface area contributed by atoms with Gasteiger partial charge in [-0.25, -0.2) is 0 Å². The van der Waals surface area contributed by atoms with Gasteiger partial charge < -0.3 is 19.6 Å². The van der Waals surface area contributed by atoms with Gasteiger partial charge in [0.2, 0.25) is 5.91 Å². The number of carbonyl (C=O) groups excluding carboxylic acids is 2. The molecule has 1 aromatic carbocycles. The summed E-state index contributed by atoms with van der Waals surface area (Å²) in [7, 11) is 0. The molecule has 0 aromatic heterocycles.